The number of benzene rings is 1. The number of H-pyrrole nitrogens is 1. The first-order chi connectivity index (χ1) is 12.4. The first-order valence-corrected chi connectivity index (χ1v) is 8.89. The third-order valence-electron chi connectivity index (χ3n) is 4.05. The molecule has 2 heterocycles. The van der Waals surface area contributed by atoms with Crippen molar-refractivity contribution in [3.63, 3.8) is 0 Å². The molecule has 2 aromatic rings. The molecule has 0 bridgehead atoms. The standard InChI is InChI=1S/C17H15BrClN3O4/c1-26-14-3-2-11(19)6-13(14)22-8-9(4-15(22)23)16(24)21-12-5-10(18)7-20-17(12)25/h2-3,5-7,9H,4,8H2,1H3,(H,20,25)(H,21,24). The number of nitrogens with one attached hydrogen (secondary N) is 2. The molecular formula is C17H15BrClN3O4. The van der Waals surface area contributed by atoms with Crippen LogP contribution in [0.3, 0.4) is 0 Å². The smallest absolute Gasteiger partial charge is 0.271 e. The Morgan fingerprint density at radius 1 is 1.38 bits per heavy atom. The van der Waals surface area contributed by atoms with Crippen LogP contribution < -0.4 is 20.5 Å². The third kappa shape index (κ3) is 3.76. The molecule has 7 nitrogen and oxygen atoms in total. The second-order valence-corrected chi connectivity index (χ2v) is 7.12. The minimum atomic E-state index is -0.593. The number of hydrogen-bond acceptors (Lipinski definition) is 4. The molecule has 136 valence electrons. The first-order valence-electron chi connectivity index (χ1n) is 7.72. The Hall–Kier alpha value is -2.32. The number of aromatic amines is 1. The summed E-state index contributed by atoms with van der Waals surface area (Å²) in [5.74, 6) is -0.712. The number of carbonyl (C=O) groups is 2. The van der Waals surface area contributed by atoms with E-state index in [1.165, 1.54) is 24.3 Å². The van der Waals surface area contributed by atoms with Crippen LogP contribution in [0.25, 0.3) is 0 Å². The number of carbonyl (C=O) groups excluding carboxylic acids is 2. The van der Waals surface area contributed by atoms with Gasteiger partial charge in [0.05, 0.1) is 18.7 Å². The van der Waals surface area contributed by atoms with Gasteiger partial charge >= 0.3 is 0 Å². The topological polar surface area (TPSA) is 91.5 Å². The van der Waals surface area contributed by atoms with Gasteiger partial charge in [-0.05, 0) is 40.2 Å². The summed E-state index contributed by atoms with van der Waals surface area (Å²) in [7, 11) is 1.50. The summed E-state index contributed by atoms with van der Waals surface area (Å²) in [6.45, 7) is 0.174. The van der Waals surface area contributed by atoms with Crippen LogP contribution in [0.5, 0.6) is 5.75 Å². The summed E-state index contributed by atoms with van der Waals surface area (Å²) in [6, 6.07) is 6.45. The summed E-state index contributed by atoms with van der Waals surface area (Å²) in [4.78, 5) is 40.7. The van der Waals surface area contributed by atoms with Gasteiger partial charge in [-0.3, -0.25) is 14.4 Å². The van der Waals surface area contributed by atoms with E-state index in [-0.39, 0.29) is 24.6 Å². The molecule has 0 radical (unpaired) electrons. The van der Waals surface area contributed by atoms with Crippen LogP contribution in [0.15, 0.2) is 39.7 Å². The molecule has 1 atom stereocenters. The molecule has 1 unspecified atom stereocenters. The van der Waals surface area contributed by atoms with Crippen LogP contribution in [0.2, 0.25) is 5.02 Å². The van der Waals surface area contributed by atoms with Crippen molar-refractivity contribution in [2.75, 3.05) is 23.9 Å². The van der Waals surface area contributed by atoms with E-state index < -0.39 is 17.4 Å². The Bertz CT molecular complexity index is 930. The number of nitrogens with zero attached hydrogens (tertiary/aromatic N) is 1. The number of hydrogen-bond donors (Lipinski definition) is 2. The maximum absolute atomic E-state index is 12.5. The number of amides is 2. The Kier molecular flexibility index (Phi) is 5.33. The molecule has 1 aliphatic rings. The average Bonchev–Trinajstić information content (AvgIpc) is 3.00. The largest absolute Gasteiger partial charge is 0.495 e. The summed E-state index contributed by atoms with van der Waals surface area (Å²) < 4.78 is 5.90. The zero-order valence-corrected chi connectivity index (χ0v) is 16.1. The Balaban J connectivity index is 1.79. The van der Waals surface area contributed by atoms with E-state index in [2.05, 4.69) is 26.2 Å². The second kappa shape index (κ2) is 7.51. The lowest BCUT2D eigenvalue weighted by molar-refractivity contribution is -0.122. The number of rotatable bonds is 4. The lowest BCUT2D eigenvalue weighted by Crippen LogP contribution is -2.29. The van der Waals surface area contributed by atoms with Crippen molar-refractivity contribution < 1.29 is 14.3 Å². The van der Waals surface area contributed by atoms with Crippen molar-refractivity contribution in [2.45, 2.75) is 6.42 Å². The minimum Gasteiger partial charge on any atom is -0.495 e. The van der Waals surface area contributed by atoms with Crippen molar-refractivity contribution in [3.05, 3.63) is 50.3 Å². The number of aromatic nitrogens is 1. The highest BCUT2D eigenvalue weighted by atomic mass is 79.9. The Morgan fingerprint density at radius 2 is 2.15 bits per heavy atom. The molecule has 2 amide bonds. The lowest BCUT2D eigenvalue weighted by atomic mass is 10.1. The van der Waals surface area contributed by atoms with E-state index >= 15 is 0 Å². The molecule has 1 aliphatic heterocycles. The van der Waals surface area contributed by atoms with E-state index in [0.29, 0.717) is 20.9 Å². The van der Waals surface area contributed by atoms with Crippen molar-refractivity contribution in [2.24, 2.45) is 5.92 Å². The quantitative estimate of drug-likeness (QED) is 0.765. The normalized spacial score (nSPS) is 16.7. The predicted octanol–water partition coefficient (Wildman–Crippen LogP) is 2.79. The highest BCUT2D eigenvalue weighted by Crippen LogP contribution is 2.35. The molecule has 1 saturated heterocycles. The van der Waals surface area contributed by atoms with Gasteiger partial charge in [-0.15, -0.1) is 0 Å². The fraction of sp³-hybridized carbons (Fsp3) is 0.235. The van der Waals surface area contributed by atoms with Gasteiger partial charge in [0, 0.05) is 28.7 Å². The molecule has 2 N–H and O–H groups in total. The van der Waals surface area contributed by atoms with Crippen LogP contribution in [0.1, 0.15) is 6.42 Å². The zero-order chi connectivity index (χ0) is 18.8. The van der Waals surface area contributed by atoms with E-state index in [9.17, 15) is 14.4 Å². The van der Waals surface area contributed by atoms with Gasteiger partial charge in [-0.1, -0.05) is 11.6 Å². The predicted molar refractivity (Wildman–Crippen MR) is 102 cm³/mol. The molecule has 3 rings (SSSR count). The van der Waals surface area contributed by atoms with E-state index in [1.807, 2.05) is 0 Å². The zero-order valence-electron chi connectivity index (χ0n) is 13.7. The van der Waals surface area contributed by atoms with Crippen LogP contribution in [-0.4, -0.2) is 30.5 Å². The highest BCUT2D eigenvalue weighted by Gasteiger charge is 2.36. The monoisotopic (exact) mass is 439 g/mol. The Morgan fingerprint density at radius 3 is 2.88 bits per heavy atom. The molecule has 1 aromatic carbocycles. The van der Waals surface area contributed by atoms with Gasteiger partial charge in [-0.25, -0.2) is 0 Å². The molecule has 9 heteroatoms. The number of halogens is 2. The average molecular weight is 441 g/mol. The number of methoxy groups -OCH3 is 1. The second-order valence-electron chi connectivity index (χ2n) is 5.77. The van der Waals surface area contributed by atoms with Crippen LogP contribution >= 0.6 is 27.5 Å². The summed E-state index contributed by atoms with van der Waals surface area (Å²) in [5, 5.41) is 3.04. The minimum absolute atomic E-state index is 0.0351. The summed E-state index contributed by atoms with van der Waals surface area (Å²) >= 11 is 9.25. The Labute approximate surface area is 162 Å². The third-order valence-corrected chi connectivity index (χ3v) is 4.75. The highest BCUT2D eigenvalue weighted by molar-refractivity contribution is 9.10. The molecular weight excluding hydrogens is 426 g/mol. The van der Waals surface area contributed by atoms with Crippen molar-refractivity contribution in [1.82, 2.24) is 4.98 Å². The molecule has 0 spiro atoms. The molecule has 1 fully saturated rings. The number of anilines is 2. The molecule has 0 aliphatic carbocycles. The van der Waals surface area contributed by atoms with Crippen molar-refractivity contribution in [1.29, 1.82) is 0 Å². The van der Waals surface area contributed by atoms with Crippen LogP contribution in [0.4, 0.5) is 11.4 Å². The van der Waals surface area contributed by atoms with Crippen LogP contribution in [-0.2, 0) is 9.59 Å². The molecule has 26 heavy (non-hydrogen) atoms. The van der Waals surface area contributed by atoms with Gasteiger partial charge in [0.25, 0.3) is 5.56 Å². The van der Waals surface area contributed by atoms with Crippen molar-refractivity contribution >= 4 is 50.7 Å². The molecule has 0 saturated carbocycles. The van der Waals surface area contributed by atoms with E-state index in [4.69, 9.17) is 16.3 Å². The molecule has 1 aromatic heterocycles. The lowest BCUT2D eigenvalue weighted by Gasteiger charge is -2.19. The first kappa shape index (κ1) is 18.5. The SMILES string of the molecule is COc1ccc(Cl)cc1N1CC(C(=O)Nc2cc(Br)c[nH]c2=O)CC1=O. The van der Waals surface area contributed by atoms with Crippen molar-refractivity contribution in [3.8, 4) is 5.75 Å². The van der Waals surface area contributed by atoms with Gasteiger partial charge in [0.15, 0.2) is 0 Å². The van der Waals surface area contributed by atoms with E-state index in [1.54, 1.807) is 18.2 Å². The summed E-state index contributed by atoms with van der Waals surface area (Å²) in [5.41, 5.74) is 0.218. The maximum atomic E-state index is 12.5. The van der Waals surface area contributed by atoms with Gasteiger partial charge in [0.1, 0.15) is 11.4 Å². The van der Waals surface area contributed by atoms with Gasteiger partial charge in [0.2, 0.25) is 11.8 Å². The fourth-order valence-corrected chi connectivity index (χ4v) is 3.28. The van der Waals surface area contributed by atoms with E-state index in [0.717, 1.165) is 0 Å². The fourth-order valence-electron chi connectivity index (χ4n) is 2.78. The maximum Gasteiger partial charge on any atom is 0.271 e. The van der Waals surface area contributed by atoms with Gasteiger partial charge < -0.3 is 19.9 Å². The van der Waals surface area contributed by atoms with Gasteiger partial charge in [-0.2, -0.15) is 0 Å². The summed E-state index contributed by atoms with van der Waals surface area (Å²) in [6.07, 6.45) is 1.51. The number of ether oxygens (including phenoxy) is 1. The van der Waals surface area contributed by atoms with Crippen LogP contribution in [0, 0.1) is 5.92 Å². The number of pyridine rings is 1.